The molecule has 8 heteroatoms. The van der Waals surface area contributed by atoms with E-state index in [-0.39, 0.29) is 12.0 Å². The summed E-state index contributed by atoms with van der Waals surface area (Å²) in [6.07, 6.45) is 1.88. The van der Waals surface area contributed by atoms with Gasteiger partial charge in [0.25, 0.3) is 5.91 Å². The molecule has 1 unspecified atom stereocenters. The van der Waals surface area contributed by atoms with E-state index < -0.39 is 0 Å². The second-order valence-corrected chi connectivity index (χ2v) is 9.45. The number of hydrogen-bond donors (Lipinski definition) is 0. The molecule has 3 aromatic carbocycles. The Hall–Kier alpha value is -4.30. The zero-order valence-corrected chi connectivity index (χ0v) is 22.5. The fourth-order valence-electron chi connectivity index (χ4n) is 4.73. The third-order valence-electron chi connectivity index (χ3n) is 6.79. The summed E-state index contributed by atoms with van der Waals surface area (Å²) >= 11 is 0. The molecule has 1 saturated heterocycles. The van der Waals surface area contributed by atoms with E-state index in [0.717, 1.165) is 29.8 Å². The largest absolute Gasteiger partial charge is 0.497 e. The Labute approximate surface area is 228 Å². The molecule has 0 bridgehead atoms. The van der Waals surface area contributed by atoms with Crippen LogP contribution in [0.3, 0.4) is 0 Å². The average molecular weight is 528 g/mol. The first-order chi connectivity index (χ1) is 19.1. The topological polar surface area (TPSA) is 75.1 Å². The Morgan fingerprint density at radius 2 is 1.69 bits per heavy atom. The zero-order chi connectivity index (χ0) is 27.2. The van der Waals surface area contributed by atoms with Crippen LogP contribution in [0.4, 0.5) is 0 Å². The van der Waals surface area contributed by atoms with Crippen molar-refractivity contribution in [3.05, 3.63) is 95.7 Å². The molecule has 0 spiro atoms. The summed E-state index contributed by atoms with van der Waals surface area (Å²) in [5.41, 5.74) is 2.99. The fourth-order valence-corrected chi connectivity index (χ4v) is 4.73. The molecule has 2 heterocycles. The van der Waals surface area contributed by atoms with Crippen LogP contribution in [-0.2, 0) is 11.3 Å². The van der Waals surface area contributed by atoms with E-state index in [1.807, 2.05) is 78.6 Å². The molecule has 4 aromatic rings. The minimum atomic E-state index is -0.108. The Morgan fingerprint density at radius 1 is 0.974 bits per heavy atom. The molecule has 5 rings (SSSR count). The van der Waals surface area contributed by atoms with Gasteiger partial charge in [0.1, 0.15) is 17.2 Å². The van der Waals surface area contributed by atoms with Gasteiger partial charge in [-0.1, -0.05) is 30.3 Å². The zero-order valence-electron chi connectivity index (χ0n) is 22.5. The van der Waals surface area contributed by atoms with E-state index in [4.69, 9.17) is 24.0 Å². The highest BCUT2D eigenvalue weighted by Gasteiger charge is 2.28. The maximum absolute atomic E-state index is 13.9. The second kappa shape index (κ2) is 12.0. The number of ether oxygens (including phenoxy) is 4. The molecular formula is C31H33N3O5. The number of methoxy groups -OCH3 is 2. The summed E-state index contributed by atoms with van der Waals surface area (Å²) in [7, 11) is 3.22. The lowest BCUT2D eigenvalue weighted by Crippen LogP contribution is -2.37. The minimum Gasteiger partial charge on any atom is -0.497 e. The number of carbonyl (C=O) groups excluding carboxylic acids is 1. The predicted molar refractivity (Wildman–Crippen MR) is 148 cm³/mol. The van der Waals surface area contributed by atoms with E-state index in [1.165, 1.54) is 0 Å². The van der Waals surface area contributed by atoms with E-state index in [0.29, 0.717) is 48.4 Å². The lowest BCUT2D eigenvalue weighted by molar-refractivity contribution is 0.0505. The van der Waals surface area contributed by atoms with Crippen molar-refractivity contribution in [2.75, 3.05) is 27.4 Å². The number of aryl methyl sites for hydroxylation is 1. The molecule has 0 saturated carbocycles. The number of amides is 1. The molecule has 1 aromatic heterocycles. The number of benzene rings is 3. The van der Waals surface area contributed by atoms with Crippen LogP contribution in [0.2, 0.25) is 0 Å². The second-order valence-electron chi connectivity index (χ2n) is 9.45. The molecule has 1 atom stereocenters. The van der Waals surface area contributed by atoms with Crippen molar-refractivity contribution < 1.29 is 23.7 Å². The van der Waals surface area contributed by atoms with Crippen LogP contribution >= 0.6 is 0 Å². The Kier molecular flexibility index (Phi) is 8.13. The van der Waals surface area contributed by atoms with Crippen LogP contribution < -0.4 is 14.2 Å². The first-order valence-corrected chi connectivity index (χ1v) is 13.1. The summed E-state index contributed by atoms with van der Waals surface area (Å²) < 4.78 is 25.0. The number of nitrogens with zero attached hydrogens (tertiary/aromatic N) is 3. The number of hydrogen-bond acceptors (Lipinski definition) is 6. The quantitative estimate of drug-likeness (QED) is 0.259. The van der Waals surface area contributed by atoms with Gasteiger partial charge in [0.2, 0.25) is 5.88 Å². The maximum atomic E-state index is 13.9. The predicted octanol–water partition coefficient (Wildman–Crippen LogP) is 5.81. The third-order valence-corrected chi connectivity index (χ3v) is 6.79. The highest BCUT2D eigenvalue weighted by atomic mass is 16.5. The Balaban J connectivity index is 1.55. The van der Waals surface area contributed by atoms with Gasteiger partial charge in [0.15, 0.2) is 0 Å². The summed E-state index contributed by atoms with van der Waals surface area (Å²) in [5, 5.41) is 4.84. The van der Waals surface area contributed by atoms with Gasteiger partial charge < -0.3 is 23.8 Å². The van der Waals surface area contributed by atoms with Crippen molar-refractivity contribution >= 4 is 5.91 Å². The Morgan fingerprint density at radius 3 is 2.41 bits per heavy atom. The van der Waals surface area contributed by atoms with Crippen molar-refractivity contribution in [1.82, 2.24) is 14.7 Å². The van der Waals surface area contributed by atoms with Crippen molar-refractivity contribution in [3.8, 4) is 28.8 Å². The molecule has 1 aliphatic heterocycles. The van der Waals surface area contributed by atoms with E-state index >= 15 is 0 Å². The first-order valence-electron chi connectivity index (χ1n) is 13.1. The summed E-state index contributed by atoms with van der Waals surface area (Å²) in [6, 6.07) is 24.5. The lowest BCUT2D eigenvalue weighted by atomic mass is 10.1. The van der Waals surface area contributed by atoms with Gasteiger partial charge in [-0.05, 0) is 62.2 Å². The van der Waals surface area contributed by atoms with Crippen molar-refractivity contribution in [1.29, 1.82) is 0 Å². The highest BCUT2D eigenvalue weighted by molar-refractivity contribution is 5.94. The van der Waals surface area contributed by atoms with Gasteiger partial charge in [-0.2, -0.15) is 5.10 Å². The van der Waals surface area contributed by atoms with E-state index in [1.54, 1.807) is 31.0 Å². The number of rotatable bonds is 10. The number of aromatic nitrogens is 2. The van der Waals surface area contributed by atoms with Crippen LogP contribution in [0.5, 0.6) is 23.1 Å². The molecule has 39 heavy (non-hydrogen) atoms. The molecule has 0 radical (unpaired) electrons. The van der Waals surface area contributed by atoms with Gasteiger partial charge in [0.05, 0.1) is 43.8 Å². The minimum absolute atomic E-state index is 0.0215. The smallest absolute Gasteiger partial charge is 0.254 e. The molecule has 1 fully saturated rings. The van der Waals surface area contributed by atoms with Crippen LogP contribution in [0, 0.1) is 6.92 Å². The molecule has 8 nitrogen and oxygen atoms in total. The first kappa shape index (κ1) is 26.3. The van der Waals surface area contributed by atoms with Gasteiger partial charge in [-0.25, -0.2) is 4.68 Å². The monoisotopic (exact) mass is 527 g/mol. The normalized spacial score (nSPS) is 14.7. The number of carbonyl (C=O) groups is 1. The van der Waals surface area contributed by atoms with Gasteiger partial charge >= 0.3 is 0 Å². The third kappa shape index (κ3) is 6.07. The molecular weight excluding hydrogens is 494 g/mol. The van der Waals surface area contributed by atoms with Crippen molar-refractivity contribution in [2.24, 2.45) is 0 Å². The molecule has 202 valence electrons. The van der Waals surface area contributed by atoms with Crippen LogP contribution in [0.25, 0.3) is 5.69 Å². The van der Waals surface area contributed by atoms with Gasteiger partial charge in [0, 0.05) is 24.8 Å². The van der Waals surface area contributed by atoms with Gasteiger partial charge in [-0.3, -0.25) is 4.79 Å². The maximum Gasteiger partial charge on any atom is 0.254 e. The van der Waals surface area contributed by atoms with E-state index in [9.17, 15) is 4.79 Å². The van der Waals surface area contributed by atoms with Crippen molar-refractivity contribution in [2.45, 2.75) is 32.4 Å². The lowest BCUT2D eigenvalue weighted by Gasteiger charge is -2.26. The standard InChI is InChI=1S/C31H33N3O5/c1-22-29(21-33(20-28-16-9-17-38-28)30(35)23-10-7-13-25(18-23)36-2)31(34(32-22)24-11-5-4-6-12-24)39-27-15-8-14-26(19-27)37-3/h4-8,10-15,18-19,28H,9,16-17,20-21H2,1-3H3. The van der Waals surface area contributed by atoms with Crippen molar-refractivity contribution in [3.63, 3.8) is 0 Å². The fraction of sp³-hybridized carbons (Fsp3) is 0.290. The van der Waals surface area contributed by atoms with Crippen LogP contribution in [0.1, 0.15) is 34.5 Å². The van der Waals surface area contributed by atoms with E-state index in [2.05, 4.69) is 0 Å². The number of para-hydroxylation sites is 1. The highest BCUT2D eigenvalue weighted by Crippen LogP contribution is 2.33. The van der Waals surface area contributed by atoms with Crippen LogP contribution in [0.15, 0.2) is 78.9 Å². The van der Waals surface area contributed by atoms with Crippen LogP contribution in [-0.4, -0.2) is 54.1 Å². The average Bonchev–Trinajstić information content (AvgIpc) is 3.60. The van der Waals surface area contributed by atoms with Gasteiger partial charge in [-0.15, -0.1) is 0 Å². The Bertz CT molecular complexity index is 1410. The SMILES string of the molecule is COc1cccc(Oc2c(CN(CC3CCCO3)C(=O)c3cccc(OC)c3)c(C)nn2-c2ccccc2)c1. The molecule has 0 N–H and O–H groups in total. The summed E-state index contributed by atoms with van der Waals surface area (Å²) in [6.45, 7) is 3.41. The molecule has 1 amide bonds. The molecule has 1 aliphatic rings. The molecule has 0 aliphatic carbocycles. The summed E-state index contributed by atoms with van der Waals surface area (Å²) in [4.78, 5) is 15.7. The summed E-state index contributed by atoms with van der Waals surface area (Å²) in [5.74, 6) is 2.36.